The lowest BCUT2D eigenvalue weighted by molar-refractivity contribution is 0.537. The molecule has 0 bridgehead atoms. The summed E-state index contributed by atoms with van der Waals surface area (Å²) in [5, 5.41) is 0. The van der Waals surface area contributed by atoms with Gasteiger partial charge >= 0.3 is 0 Å². The Morgan fingerprint density at radius 1 is 0.860 bits per heavy atom. The van der Waals surface area contributed by atoms with Crippen molar-refractivity contribution in [3.63, 3.8) is 0 Å². The Morgan fingerprint density at radius 2 is 1.58 bits per heavy atom. The third-order valence-electron chi connectivity index (χ3n) is 11.3. The number of hydrogen-bond acceptors (Lipinski definition) is 3. The number of rotatable bonds is 6. The van der Waals surface area contributed by atoms with Crippen LogP contribution in [0.2, 0.25) is 0 Å². The van der Waals surface area contributed by atoms with Crippen molar-refractivity contribution in [2.45, 2.75) is 37.6 Å². The second-order valence-electron chi connectivity index (χ2n) is 14.1. The van der Waals surface area contributed by atoms with Crippen LogP contribution in [0.25, 0.3) is 28.0 Å². The predicted molar refractivity (Wildman–Crippen MR) is 210 cm³/mol. The Balaban J connectivity index is 1.16. The molecule has 2 N–H and O–H groups in total. The van der Waals surface area contributed by atoms with E-state index in [1.807, 2.05) is 6.21 Å². The summed E-state index contributed by atoms with van der Waals surface area (Å²) in [7, 11) is 0. The van der Waals surface area contributed by atoms with Gasteiger partial charge in [-0.25, -0.2) is 0 Å². The summed E-state index contributed by atoms with van der Waals surface area (Å²) < 4.78 is 0. The van der Waals surface area contributed by atoms with E-state index >= 15 is 0 Å². The van der Waals surface area contributed by atoms with Gasteiger partial charge in [0, 0.05) is 36.0 Å². The van der Waals surface area contributed by atoms with E-state index in [0.717, 1.165) is 53.9 Å². The molecule has 1 heterocycles. The molecule has 50 heavy (non-hydrogen) atoms. The van der Waals surface area contributed by atoms with Gasteiger partial charge in [0.25, 0.3) is 0 Å². The minimum atomic E-state index is -0.339. The maximum atomic E-state index is 7.04. The Labute approximate surface area is 295 Å². The van der Waals surface area contributed by atoms with E-state index in [4.69, 9.17) is 10.7 Å². The van der Waals surface area contributed by atoms with Crippen LogP contribution in [-0.4, -0.2) is 24.5 Å². The first-order chi connectivity index (χ1) is 24.6. The number of aliphatic imine (C=N–C) groups is 2. The number of benzene rings is 4. The largest absolute Gasteiger partial charge is 0.398 e. The van der Waals surface area contributed by atoms with Crippen LogP contribution in [0, 0.1) is 11.8 Å². The highest BCUT2D eigenvalue weighted by Gasteiger charge is 2.53. The van der Waals surface area contributed by atoms with Gasteiger partial charge in [-0.05, 0) is 99.6 Å². The van der Waals surface area contributed by atoms with E-state index in [1.54, 1.807) is 0 Å². The number of dihydropyridines is 1. The van der Waals surface area contributed by atoms with Gasteiger partial charge in [-0.1, -0.05) is 134 Å². The summed E-state index contributed by atoms with van der Waals surface area (Å²) in [5.41, 5.74) is 22.7. The summed E-state index contributed by atoms with van der Waals surface area (Å²) in [5.74, 6) is 0.420. The fraction of sp³-hybridized carbons (Fsp3) is 0.191. The first kappa shape index (κ1) is 30.5. The Morgan fingerprint density at radius 3 is 2.28 bits per heavy atom. The number of hydrogen-bond donors (Lipinski definition) is 1. The molecule has 4 aromatic carbocycles. The molecule has 4 aromatic rings. The molecule has 9 rings (SSSR count). The van der Waals surface area contributed by atoms with Gasteiger partial charge < -0.3 is 5.73 Å². The first-order valence-corrected chi connectivity index (χ1v) is 18.0. The molecular formula is C47H41N3. The molecule has 0 saturated carbocycles. The number of fused-ring (bicyclic) bond motifs is 9. The molecule has 0 amide bonds. The average Bonchev–Trinajstić information content (AvgIpc) is 3.65. The molecule has 3 heteroatoms. The van der Waals surface area contributed by atoms with E-state index in [-0.39, 0.29) is 17.4 Å². The lowest BCUT2D eigenvalue weighted by atomic mass is 9.66. The minimum absolute atomic E-state index is 0.0698. The SMILES string of the molecule is CC(/N=C(\C=C(/N)c1cccc(C2=CCCN=C2)c1)C1C=CC2=C(C1)C1(c3ccccc32)c2ccccc2-c2ccccc21)C1C=CC=CC1. The van der Waals surface area contributed by atoms with Crippen molar-refractivity contribution in [3.8, 4) is 11.1 Å². The van der Waals surface area contributed by atoms with Crippen LogP contribution in [0.15, 0.2) is 161 Å². The van der Waals surface area contributed by atoms with Gasteiger partial charge in [0.15, 0.2) is 0 Å². The smallest absolute Gasteiger partial charge is 0.0688 e. The Hall–Kier alpha value is -5.54. The maximum Gasteiger partial charge on any atom is 0.0688 e. The number of nitrogens with two attached hydrogens (primary N) is 1. The third kappa shape index (κ3) is 4.87. The van der Waals surface area contributed by atoms with Crippen molar-refractivity contribution in [1.82, 2.24) is 0 Å². The van der Waals surface area contributed by atoms with Crippen LogP contribution in [0.3, 0.4) is 0 Å². The lowest BCUT2D eigenvalue weighted by Crippen LogP contribution is -2.30. The quantitative estimate of drug-likeness (QED) is 0.208. The van der Waals surface area contributed by atoms with Crippen molar-refractivity contribution in [1.29, 1.82) is 0 Å². The highest BCUT2D eigenvalue weighted by atomic mass is 14.8. The van der Waals surface area contributed by atoms with Crippen LogP contribution in [0.1, 0.15) is 59.6 Å². The molecule has 0 saturated heterocycles. The molecule has 5 aliphatic rings. The normalized spacial score (nSPS) is 21.9. The summed E-state index contributed by atoms with van der Waals surface area (Å²) in [4.78, 5) is 10.1. The molecule has 3 atom stereocenters. The monoisotopic (exact) mass is 647 g/mol. The highest BCUT2D eigenvalue weighted by Crippen LogP contribution is 2.63. The van der Waals surface area contributed by atoms with E-state index in [9.17, 15) is 0 Å². The van der Waals surface area contributed by atoms with Crippen LogP contribution in [-0.2, 0) is 5.41 Å². The standard InChI is InChI=1S/C47H41N3/c1-31(32-13-3-2-4-14-32)50-46(29-45(48)34-16-11-15-33(27-34)36-17-12-26-49-30-36)35-24-25-40-39-20-7-10-23-43(39)47(44(40)28-35)41-21-8-5-18-37(41)38-19-6-9-22-42(38)47/h2-11,13,15-25,27,29-32,35H,12,14,26,28,48H2,1H3/b45-29-,50-46+. The van der Waals surface area contributed by atoms with Gasteiger partial charge in [-0.2, -0.15) is 0 Å². The third-order valence-corrected chi connectivity index (χ3v) is 11.3. The topological polar surface area (TPSA) is 50.7 Å². The van der Waals surface area contributed by atoms with Crippen LogP contribution in [0.5, 0.6) is 0 Å². The van der Waals surface area contributed by atoms with Gasteiger partial charge in [0.2, 0.25) is 0 Å². The first-order valence-electron chi connectivity index (χ1n) is 18.0. The zero-order valence-electron chi connectivity index (χ0n) is 28.5. The van der Waals surface area contributed by atoms with Crippen molar-refractivity contribution >= 4 is 28.8 Å². The summed E-state index contributed by atoms with van der Waals surface area (Å²) >= 11 is 0. The highest BCUT2D eigenvalue weighted by molar-refractivity contribution is 6.11. The molecule has 3 unspecified atom stereocenters. The average molecular weight is 648 g/mol. The minimum Gasteiger partial charge on any atom is -0.398 e. The van der Waals surface area contributed by atoms with E-state index in [0.29, 0.717) is 5.92 Å². The fourth-order valence-corrected chi connectivity index (χ4v) is 8.93. The predicted octanol–water partition coefficient (Wildman–Crippen LogP) is 10.2. The molecule has 244 valence electrons. The van der Waals surface area contributed by atoms with E-state index in [1.165, 1.54) is 44.5 Å². The van der Waals surface area contributed by atoms with E-state index in [2.05, 4.69) is 158 Å². The molecule has 0 radical (unpaired) electrons. The van der Waals surface area contributed by atoms with Crippen molar-refractivity contribution < 1.29 is 0 Å². The van der Waals surface area contributed by atoms with Crippen LogP contribution in [0.4, 0.5) is 0 Å². The molecular weight excluding hydrogens is 607 g/mol. The van der Waals surface area contributed by atoms with Crippen molar-refractivity contribution in [2.24, 2.45) is 27.6 Å². The second-order valence-corrected chi connectivity index (χ2v) is 14.1. The zero-order chi connectivity index (χ0) is 33.7. The Bertz CT molecular complexity index is 2220. The summed E-state index contributed by atoms with van der Waals surface area (Å²) in [6.07, 6.45) is 22.8. The van der Waals surface area contributed by atoms with Gasteiger partial charge in [-0.15, -0.1) is 0 Å². The molecule has 1 aliphatic heterocycles. The number of nitrogens with zero attached hydrogens (tertiary/aromatic N) is 2. The van der Waals surface area contributed by atoms with Gasteiger partial charge in [0.1, 0.15) is 0 Å². The van der Waals surface area contributed by atoms with Crippen molar-refractivity contribution in [2.75, 3.05) is 6.54 Å². The zero-order valence-corrected chi connectivity index (χ0v) is 28.5. The lowest BCUT2D eigenvalue weighted by Gasteiger charge is -2.35. The Kier molecular flexibility index (Phi) is 7.57. The van der Waals surface area contributed by atoms with Gasteiger partial charge in [0.05, 0.1) is 11.5 Å². The van der Waals surface area contributed by atoms with Crippen molar-refractivity contribution in [3.05, 3.63) is 185 Å². The molecule has 0 aromatic heterocycles. The van der Waals surface area contributed by atoms with Gasteiger partial charge in [-0.3, -0.25) is 9.98 Å². The molecule has 1 spiro atoms. The second kappa shape index (κ2) is 12.4. The van der Waals surface area contributed by atoms with Crippen LogP contribution < -0.4 is 5.73 Å². The fourth-order valence-electron chi connectivity index (χ4n) is 8.93. The van der Waals surface area contributed by atoms with E-state index < -0.39 is 0 Å². The molecule has 0 fully saturated rings. The molecule has 4 aliphatic carbocycles. The molecule has 3 nitrogen and oxygen atoms in total. The summed E-state index contributed by atoms with van der Waals surface area (Å²) in [6.45, 7) is 3.10. The van der Waals surface area contributed by atoms with Crippen LogP contribution >= 0.6 is 0 Å². The number of allylic oxidation sites excluding steroid dienone is 9. The summed E-state index contributed by atoms with van der Waals surface area (Å²) in [6, 6.07) is 35.8. The maximum absolute atomic E-state index is 7.04.